The summed E-state index contributed by atoms with van der Waals surface area (Å²) in [6, 6.07) is 3.97. The molecule has 0 radical (unpaired) electrons. The van der Waals surface area contributed by atoms with Crippen molar-refractivity contribution >= 4 is 0 Å². The fourth-order valence-corrected chi connectivity index (χ4v) is 1.59. The molecule has 0 aliphatic carbocycles. The number of alkyl halides is 1. The first-order chi connectivity index (χ1) is 5.68. The summed E-state index contributed by atoms with van der Waals surface area (Å²) in [7, 11) is 0. The lowest BCUT2D eigenvalue weighted by Crippen LogP contribution is -2.03. The first kappa shape index (κ1) is 7.59. The van der Waals surface area contributed by atoms with Crippen LogP contribution in [0, 0.1) is 13.8 Å². The second-order valence-corrected chi connectivity index (χ2v) is 3.24. The Morgan fingerprint density at radius 1 is 1.33 bits per heavy atom. The van der Waals surface area contributed by atoms with Gasteiger partial charge in [-0.25, -0.2) is 4.39 Å². The van der Waals surface area contributed by atoms with E-state index in [-0.39, 0.29) is 0 Å². The van der Waals surface area contributed by atoms with Gasteiger partial charge >= 0.3 is 0 Å². The van der Waals surface area contributed by atoms with Crippen LogP contribution in [0.1, 0.15) is 16.7 Å². The van der Waals surface area contributed by atoms with Crippen molar-refractivity contribution in [2.45, 2.75) is 26.6 Å². The van der Waals surface area contributed by atoms with Crippen molar-refractivity contribution in [1.82, 2.24) is 0 Å². The Kier molecular flexibility index (Phi) is 1.56. The minimum Gasteiger partial charge on any atom is -0.459 e. The van der Waals surface area contributed by atoms with Crippen LogP contribution >= 0.6 is 0 Å². The smallest absolute Gasteiger partial charge is 0.242 e. The quantitative estimate of drug-likeness (QED) is 0.575. The number of hydrogen-bond donors (Lipinski definition) is 0. The maximum absolute atomic E-state index is 12.9. The van der Waals surface area contributed by atoms with Gasteiger partial charge in [0.2, 0.25) is 6.36 Å². The molecule has 0 amide bonds. The normalized spacial score (nSPS) is 20.4. The van der Waals surface area contributed by atoms with Crippen LogP contribution in [-0.4, -0.2) is 6.36 Å². The SMILES string of the molecule is Cc1ccc(C)c2c1CC(F)O2. The van der Waals surface area contributed by atoms with Crippen LogP contribution in [0.3, 0.4) is 0 Å². The highest BCUT2D eigenvalue weighted by Gasteiger charge is 2.24. The van der Waals surface area contributed by atoms with Gasteiger partial charge in [0.1, 0.15) is 5.75 Å². The van der Waals surface area contributed by atoms with Crippen molar-refractivity contribution < 1.29 is 9.13 Å². The van der Waals surface area contributed by atoms with E-state index in [1.54, 1.807) is 0 Å². The van der Waals surface area contributed by atoms with E-state index in [1.165, 1.54) is 0 Å². The number of halogens is 1. The van der Waals surface area contributed by atoms with E-state index < -0.39 is 6.36 Å². The Morgan fingerprint density at radius 2 is 2.00 bits per heavy atom. The van der Waals surface area contributed by atoms with Crippen molar-refractivity contribution in [2.75, 3.05) is 0 Å². The highest BCUT2D eigenvalue weighted by molar-refractivity contribution is 5.47. The molecule has 2 rings (SSSR count). The van der Waals surface area contributed by atoms with Gasteiger partial charge in [-0.3, -0.25) is 0 Å². The first-order valence-electron chi connectivity index (χ1n) is 4.08. The predicted molar refractivity (Wildman–Crippen MR) is 45.1 cm³/mol. The van der Waals surface area contributed by atoms with Gasteiger partial charge in [0.15, 0.2) is 0 Å². The number of fused-ring (bicyclic) bond motifs is 1. The van der Waals surface area contributed by atoms with Crippen LogP contribution < -0.4 is 4.74 Å². The standard InChI is InChI=1S/C10H11FO/c1-6-3-4-7(2)10-8(6)5-9(11)12-10/h3-4,9H,5H2,1-2H3. The fraction of sp³-hybridized carbons (Fsp3) is 0.400. The Hall–Kier alpha value is -1.05. The van der Waals surface area contributed by atoms with Gasteiger partial charge in [-0.2, -0.15) is 0 Å². The van der Waals surface area contributed by atoms with Gasteiger partial charge < -0.3 is 4.74 Å². The average molecular weight is 166 g/mol. The second kappa shape index (κ2) is 2.47. The minimum atomic E-state index is -1.14. The van der Waals surface area contributed by atoms with Crippen LogP contribution in [-0.2, 0) is 6.42 Å². The summed E-state index contributed by atoms with van der Waals surface area (Å²) in [5.74, 6) is 0.752. The lowest BCUT2D eigenvalue weighted by molar-refractivity contribution is 0.0905. The van der Waals surface area contributed by atoms with Crippen LogP contribution in [0.25, 0.3) is 0 Å². The fourth-order valence-electron chi connectivity index (χ4n) is 1.59. The minimum absolute atomic E-state index is 0.406. The highest BCUT2D eigenvalue weighted by Crippen LogP contribution is 2.34. The molecule has 1 unspecified atom stereocenters. The van der Waals surface area contributed by atoms with E-state index in [2.05, 4.69) is 0 Å². The molecule has 1 aromatic carbocycles. The van der Waals surface area contributed by atoms with Crippen LogP contribution in [0.15, 0.2) is 12.1 Å². The summed E-state index contributed by atoms with van der Waals surface area (Å²) in [6.07, 6.45) is -0.733. The third-order valence-electron chi connectivity index (χ3n) is 2.30. The second-order valence-electron chi connectivity index (χ2n) is 3.24. The molecule has 2 heteroatoms. The van der Waals surface area contributed by atoms with Crippen LogP contribution in [0.5, 0.6) is 5.75 Å². The zero-order valence-electron chi connectivity index (χ0n) is 7.23. The Labute approximate surface area is 71.2 Å². The third kappa shape index (κ3) is 0.986. The van der Waals surface area contributed by atoms with E-state index in [0.29, 0.717) is 6.42 Å². The molecule has 1 atom stereocenters. The van der Waals surface area contributed by atoms with Crippen LogP contribution in [0.2, 0.25) is 0 Å². The van der Waals surface area contributed by atoms with Crippen LogP contribution in [0.4, 0.5) is 4.39 Å². The van der Waals surface area contributed by atoms with E-state index in [4.69, 9.17) is 4.74 Å². The summed E-state index contributed by atoms with van der Waals surface area (Å²) in [5.41, 5.74) is 3.18. The van der Waals surface area contributed by atoms with Gasteiger partial charge in [0.25, 0.3) is 0 Å². The van der Waals surface area contributed by atoms with Crippen molar-refractivity contribution in [3.05, 3.63) is 28.8 Å². The molecular formula is C10H11FO. The van der Waals surface area contributed by atoms with E-state index in [0.717, 1.165) is 22.4 Å². The average Bonchev–Trinajstić information content (AvgIpc) is 2.41. The number of aryl methyl sites for hydroxylation is 2. The first-order valence-corrected chi connectivity index (χ1v) is 4.08. The van der Waals surface area contributed by atoms with Gasteiger partial charge in [-0.1, -0.05) is 12.1 Å². The zero-order chi connectivity index (χ0) is 8.72. The molecule has 1 heterocycles. The summed E-state index contributed by atoms with van der Waals surface area (Å²) < 4.78 is 17.9. The molecule has 0 bridgehead atoms. The summed E-state index contributed by atoms with van der Waals surface area (Å²) >= 11 is 0. The molecule has 0 spiro atoms. The number of hydrogen-bond acceptors (Lipinski definition) is 1. The molecule has 1 aliphatic heterocycles. The molecule has 12 heavy (non-hydrogen) atoms. The van der Waals surface area contributed by atoms with Crippen molar-refractivity contribution in [1.29, 1.82) is 0 Å². The molecule has 0 fully saturated rings. The highest BCUT2D eigenvalue weighted by atomic mass is 19.1. The van der Waals surface area contributed by atoms with Crippen molar-refractivity contribution in [3.63, 3.8) is 0 Å². The maximum atomic E-state index is 12.9. The van der Waals surface area contributed by atoms with E-state index in [9.17, 15) is 4.39 Å². The summed E-state index contributed by atoms with van der Waals surface area (Å²) in [5, 5.41) is 0. The molecule has 0 saturated heterocycles. The molecular weight excluding hydrogens is 155 g/mol. The van der Waals surface area contributed by atoms with Gasteiger partial charge in [-0.05, 0) is 25.0 Å². The van der Waals surface area contributed by atoms with Crippen molar-refractivity contribution in [2.24, 2.45) is 0 Å². The number of rotatable bonds is 0. The van der Waals surface area contributed by atoms with Crippen molar-refractivity contribution in [3.8, 4) is 5.75 Å². The maximum Gasteiger partial charge on any atom is 0.242 e. The molecule has 1 aromatic rings. The van der Waals surface area contributed by atoms with Gasteiger partial charge in [-0.15, -0.1) is 0 Å². The lowest BCUT2D eigenvalue weighted by atomic mass is 10.0. The van der Waals surface area contributed by atoms with Gasteiger partial charge in [0.05, 0.1) is 0 Å². The molecule has 0 N–H and O–H groups in total. The van der Waals surface area contributed by atoms with Gasteiger partial charge in [0, 0.05) is 12.0 Å². The number of benzene rings is 1. The largest absolute Gasteiger partial charge is 0.459 e. The molecule has 1 nitrogen and oxygen atoms in total. The zero-order valence-corrected chi connectivity index (χ0v) is 7.23. The number of ether oxygens (including phenoxy) is 1. The summed E-state index contributed by atoms with van der Waals surface area (Å²) in [4.78, 5) is 0. The molecule has 64 valence electrons. The molecule has 0 saturated carbocycles. The Bertz CT molecular complexity index is 289. The van der Waals surface area contributed by atoms with E-state index in [1.807, 2.05) is 26.0 Å². The van der Waals surface area contributed by atoms with E-state index >= 15 is 0 Å². The third-order valence-corrected chi connectivity index (χ3v) is 2.30. The lowest BCUT2D eigenvalue weighted by Gasteiger charge is -2.04. The Balaban J connectivity index is 2.56. The molecule has 1 aliphatic rings. The summed E-state index contributed by atoms with van der Waals surface area (Å²) in [6.45, 7) is 3.93. The Morgan fingerprint density at radius 3 is 2.67 bits per heavy atom. The predicted octanol–water partition coefficient (Wildman–Crippen LogP) is 2.53. The molecule has 0 aromatic heterocycles. The topological polar surface area (TPSA) is 9.23 Å². The monoisotopic (exact) mass is 166 g/mol.